The van der Waals surface area contributed by atoms with Crippen molar-refractivity contribution in [3.63, 3.8) is 0 Å². The van der Waals surface area contributed by atoms with Crippen molar-refractivity contribution in [3.8, 4) is 0 Å². The van der Waals surface area contributed by atoms with E-state index in [-0.39, 0.29) is 23.8 Å². The smallest absolute Gasteiger partial charge is 0.282 e. The number of likely N-dealkylation sites (tertiary alicyclic amines) is 1. The van der Waals surface area contributed by atoms with Gasteiger partial charge in [0.05, 0.1) is 32.2 Å². The molecule has 2 fully saturated rings. The number of benzene rings is 1. The highest BCUT2D eigenvalue weighted by molar-refractivity contribution is 5.93. The number of nitrogens with zero attached hydrogens (tertiary/aromatic N) is 1. The van der Waals surface area contributed by atoms with E-state index in [0.29, 0.717) is 6.54 Å². The van der Waals surface area contributed by atoms with Gasteiger partial charge >= 0.3 is 0 Å². The summed E-state index contributed by atoms with van der Waals surface area (Å²) in [4.78, 5) is 27.4. The van der Waals surface area contributed by atoms with Gasteiger partial charge in [0.1, 0.15) is 0 Å². The summed E-state index contributed by atoms with van der Waals surface area (Å²) in [6, 6.07) is 7.72. The second-order valence-electron chi connectivity index (χ2n) is 7.21. The molecule has 0 radical (unpaired) electrons. The highest BCUT2D eigenvalue weighted by atomic mass is 16.5. The van der Waals surface area contributed by atoms with Crippen molar-refractivity contribution in [2.24, 2.45) is 11.7 Å². The number of carbonyl (C=O) groups is 2. The zero-order valence-corrected chi connectivity index (χ0v) is 15.4. The van der Waals surface area contributed by atoms with E-state index in [4.69, 9.17) is 10.5 Å². The Morgan fingerprint density at radius 1 is 1.27 bits per heavy atom. The van der Waals surface area contributed by atoms with E-state index in [0.717, 1.165) is 62.0 Å². The van der Waals surface area contributed by atoms with Crippen molar-refractivity contribution in [1.82, 2.24) is 0 Å². The summed E-state index contributed by atoms with van der Waals surface area (Å²) >= 11 is 0. The lowest BCUT2D eigenvalue weighted by molar-refractivity contribution is -0.921. The minimum absolute atomic E-state index is 0.0238. The number of quaternary nitrogens is 1. The van der Waals surface area contributed by atoms with Crippen molar-refractivity contribution >= 4 is 23.2 Å². The molecular formula is C19H29N4O3+. The molecule has 142 valence electrons. The fraction of sp³-hybridized carbons (Fsp3) is 0.579. The van der Waals surface area contributed by atoms with E-state index in [1.165, 1.54) is 0 Å². The van der Waals surface area contributed by atoms with Gasteiger partial charge in [-0.25, -0.2) is 0 Å². The van der Waals surface area contributed by atoms with E-state index < -0.39 is 0 Å². The lowest BCUT2D eigenvalue weighted by atomic mass is 9.96. The number of morpholine rings is 1. The van der Waals surface area contributed by atoms with Gasteiger partial charge in [0.2, 0.25) is 5.91 Å². The maximum atomic E-state index is 12.6. The van der Waals surface area contributed by atoms with Crippen LogP contribution in [0.5, 0.6) is 0 Å². The molecule has 2 amide bonds. The average Bonchev–Trinajstić information content (AvgIpc) is 2.68. The quantitative estimate of drug-likeness (QED) is 0.668. The largest absolute Gasteiger partial charge is 0.378 e. The summed E-state index contributed by atoms with van der Waals surface area (Å²) in [5.74, 6) is -0.403. The third kappa shape index (κ3) is 4.53. The maximum absolute atomic E-state index is 12.6. The highest BCUT2D eigenvalue weighted by Gasteiger charge is 2.33. The Kier molecular flexibility index (Phi) is 6.11. The number of hydrogen-bond donors (Lipinski definition) is 3. The molecule has 7 nitrogen and oxygen atoms in total. The molecule has 0 aliphatic carbocycles. The first kappa shape index (κ1) is 18.7. The normalized spacial score (nSPS) is 24.7. The fourth-order valence-electron chi connectivity index (χ4n) is 3.75. The zero-order chi connectivity index (χ0) is 18.5. The standard InChI is InChI=1S/C19H28N4O3/c1-14(23-8-2-3-15(13-23)18(20)24)19(25)21-16-4-6-17(7-5-16)22-9-11-26-12-10-22/h4-7,14-15H,2-3,8-13H2,1H3,(H2,20,24)(H,21,25)/p+1/t14-,15+/m1/s1. The van der Waals surface area contributed by atoms with Crippen LogP contribution in [0.3, 0.4) is 0 Å². The first-order chi connectivity index (χ1) is 12.5. The van der Waals surface area contributed by atoms with Gasteiger partial charge in [-0.1, -0.05) is 0 Å². The van der Waals surface area contributed by atoms with Crippen LogP contribution >= 0.6 is 0 Å². The zero-order valence-electron chi connectivity index (χ0n) is 15.4. The fourth-order valence-corrected chi connectivity index (χ4v) is 3.75. The van der Waals surface area contributed by atoms with Crippen LogP contribution < -0.4 is 20.9 Å². The van der Waals surface area contributed by atoms with E-state index in [2.05, 4.69) is 10.2 Å². The van der Waals surface area contributed by atoms with Crippen LogP contribution in [0.1, 0.15) is 19.8 Å². The van der Waals surface area contributed by atoms with E-state index in [9.17, 15) is 9.59 Å². The summed E-state index contributed by atoms with van der Waals surface area (Å²) in [6.07, 6.45) is 1.75. The number of anilines is 2. The van der Waals surface area contributed by atoms with E-state index in [1.54, 1.807) is 0 Å². The monoisotopic (exact) mass is 361 g/mol. The number of piperidine rings is 1. The van der Waals surface area contributed by atoms with E-state index in [1.807, 2.05) is 31.2 Å². The minimum Gasteiger partial charge on any atom is -0.378 e. The first-order valence-corrected chi connectivity index (χ1v) is 9.42. The molecule has 2 aliphatic heterocycles. The molecule has 0 aromatic heterocycles. The van der Waals surface area contributed by atoms with Crippen molar-refractivity contribution in [2.45, 2.75) is 25.8 Å². The molecule has 3 rings (SSSR count). The van der Waals surface area contributed by atoms with Crippen LogP contribution in [-0.2, 0) is 14.3 Å². The number of primary amides is 1. The Hall–Kier alpha value is -2.12. The molecule has 0 spiro atoms. The second kappa shape index (κ2) is 8.51. The van der Waals surface area contributed by atoms with Crippen molar-refractivity contribution in [2.75, 3.05) is 49.6 Å². The third-order valence-electron chi connectivity index (χ3n) is 5.48. The number of nitrogens with one attached hydrogen (secondary N) is 2. The molecule has 1 aromatic rings. The number of nitrogens with two attached hydrogens (primary N) is 1. The van der Waals surface area contributed by atoms with Gasteiger partial charge in [-0.15, -0.1) is 0 Å². The van der Waals surface area contributed by atoms with Crippen LogP contribution in [0.2, 0.25) is 0 Å². The molecule has 2 saturated heterocycles. The Balaban J connectivity index is 1.56. The summed E-state index contributed by atoms with van der Waals surface area (Å²) < 4.78 is 5.37. The predicted molar refractivity (Wildman–Crippen MR) is 100 cm³/mol. The van der Waals surface area contributed by atoms with Gasteiger partial charge in [-0.2, -0.15) is 0 Å². The molecule has 0 bridgehead atoms. The first-order valence-electron chi connectivity index (χ1n) is 9.42. The Labute approximate surface area is 154 Å². The maximum Gasteiger partial charge on any atom is 0.282 e. The lowest BCUT2D eigenvalue weighted by Crippen LogP contribution is -3.18. The van der Waals surface area contributed by atoms with Crippen LogP contribution in [0.4, 0.5) is 11.4 Å². The van der Waals surface area contributed by atoms with Gasteiger partial charge in [-0.05, 0) is 44.0 Å². The van der Waals surface area contributed by atoms with Crippen LogP contribution in [0.25, 0.3) is 0 Å². The summed E-state index contributed by atoms with van der Waals surface area (Å²) in [7, 11) is 0. The molecule has 7 heteroatoms. The van der Waals surface area contributed by atoms with Crippen molar-refractivity contribution in [1.29, 1.82) is 0 Å². The van der Waals surface area contributed by atoms with Crippen molar-refractivity contribution in [3.05, 3.63) is 24.3 Å². The van der Waals surface area contributed by atoms with Gasteiger partial charge < -0.3 is 25.6 Å². The predicted octanol–water partition coefficient (Wildman–Crippen LogP) is -0.370. The molecule has 1 unspecified atom stereocenters. The average molecular weight is 361 g/mol. The Morgan fingerprint density at radius 3 is 2.62 bits per heavy atom. The number of amides is 2. The third-order valence-corrected chi connectivity index (χ3v) is 5.48. The van der Waals surface area contributed by atoms with Gasteiger partial charge in [0.15, 0.2) is 6.04 Å². The molecule has 2 heterocycles. The highest BCUT2D eigenvalue weighted by Crippen LogP contribution is 2.19. The molecule has 3 atom stereocenters. The Morgan fingerprint density at radius 2 is 1.96 bits per heavy atom. The lowest BCUT2D eigenvalue weighted by Gasteiger charge is -2.32. The Bertz CT molecular complexity index is 628. The van der Waals surface area contributed by atoms with Gasteiger partial charge in [0, 0.05) is 24.5 Å². The minimum atomic E-state index is -0.256. The number of ether oxygens (including phenoxy) is 1. The molecule has 26 heavy (non-hydrogen) atoms. The summed E-state index contributed by atoms with van der Waals surface area (Å²) in [5.41, 5.74) is 7.38. The number of carbonyl (C=O) groups excluding carboxylic acids is 2. The molecule has 0 saturated carbocycles. The second-order valence-corrected chi connectivity index (χ2v) is 7.21. The van der Waals surface area contributed by atoms with Crippen LogP contribution in [0, 0.1) is 5.92 Å². The number of hydrogen-bond acceptors (Lipinski definition) is 4. The van der Waals surface area contributed by atoms with Crippen LogP contribution in [0.15, 0.2) is 24.3 Å². The molecule has 1 aromatic carbocycles. The molecule has 4 N–H and O–H groups in total. The molecular weight excluding hydrogens is 332 g/mol. The van der Waals surface area contributed by atoms with Gasteiger partial charge in [0.25, 0.3) is 5.91 Å². The van der Waals surface area contributed by atoms with Crippen LogP contribution in [-0.4, -0.2) is 57.2 Å². The molecule has 2 aliphatic rings. The van der Waals surface area contributed by atoms with E-state index >= 15 is 0 Å². The SMILES string of the molecule is C[C@H](C(=O)Nc1ccc(N2CCOCC2)cc1)[NH+]1CCC[C@H](C(N)=O)C1. The topological polar surface area (TPSA) is 89.1 Å². The number of rotatable bonds is 5. The van der Waals surface area contributed by atoms with Gasteiger partial charge in [-0.3, -0.25) is 9.59 Å². The summed E-state index contributed by atoms with van der Waals surface area (Å²) in [5, 5.41) is 2.99. The van der Waals surface area contributed by atoms with Crippen molar-refractivity contribution < 1.29 is 19.2 Å². The summed E-state index contributed by atoms with van der Waals surface area (Å²) in [6.45, 7) is 6.73.